The van der Waals surface area contributed by atoms with E-state index in [1.807, 2.05) is 26.4 Å². The smallest absolute Gasteiger partial charge is 0.0468 e. The zero-order valence-corrected chi connectivity index (χ0v) is 12.2. The molecule has 1 heterocycles. The van der Waals surface area contributed by atoms with Gasteiger partial charge in [0.15, 0.2) is 0 Å². The van der Waals surface area contributed by atoms with Crippen molar-refractivity contribution in [3.05, 3.63) is 30.0 Å². The van der Waals surface area contributed by atoms with Crippen LogP contribution in [0.1, 0.15) is 12.5 Å². The third-order valence-corrected chi connectivity index (χ3v) is 6.10. The summed E-state index contributed by atoms with van der Waals surface area (Å²) in [6.45, 7) is 2.96. The van der Waals surface area contributed by atoms with E-state index in [2.05, 4.69) is 28.5 Å². The number of hydrogen-bond acceptors (Lipinski definition) is 2. The first-order valence-electron chi connectivity index (χ1n) is 6.40. The van der Waals surface area contributed by atoms with E-state index in [9.17, 15) is 4.21 Å². The molecule has 0 radical (unpaired) electrons. The SMILES string of the molecule is CC[SH](C)(=O)c1c[nH]c2cc(CCNC)ccc12. The molecule has 100 valence electrons. The molecule has 0 aliphatic heterocycles. The number of hydrogen-bond donors (Lipinski definition) is 3. The lowest BCUT2D eigenvalue weighted by molar-refractivity contribution is 0.676. The summed E-state index contributed by atoms with van der Waals surface area (Å²) in [5.41, 5.74) is 2.39. The van der Waals surface area contributed by atoms with Crippen molar-refractivity contribution in [2.45, 2.75) is 18.2 Å². The second-order valence-corrected chi connectivity index (χ2v) is 8.14. The van der Waals surface area contributed by atoms with Gasteiger partial charge in [0.25, 0.3) is 0 Å². The topological polar surface area (TPSA) is 44.9 Å². The predicted molar refractivity (Wildman–Crippen MR) is 80.2 cm³/mol. The molecular formula is C14H22N2OS. The minimum absolute atomic E-state index is 0.710. The van der Waals surface area contributed by atoms with Gasteiger partial charge in [0.05, 0.1) is 0 Å². The number of thiol groups is 1. The summed E-state index contributed by atoms with van der Waals surface area (Å²) in [5, 5.41) is 4.26. The molecule has 4 heteroatoms. The molecule has 2 N–H and O–H groups in total. The lowest BCUT2D eigenvalue weighted by Gasteiger charge is -2.15. The maximum atomic E-state index is 12.5. The van der Waals surface area contributed by atoms with E-state index in [-0.39, 0.29) is 0 Å². The molecule has 0 unspecified atom stereocenters. The van der Waals surface area contributed by atoms with Crippen LogP contribution in [-0.2, 0) is 16.4 Å². The number of aromatic nitrogens is 1. The van der Waals surface area contributed by atoms with Crippen LogP contribution in [0.3, 0.4) is 0 Å². The minimum atomic E-state index is -2.20. The van der Waals surface area contributed by atoms with Crippen LogP contribution in [0.5, 0.6) is 0 Å². The van der Waals surface area contributed by atoms with Crippen molar-refractivity contribution < 1.29 is 4.21 Å². The minimum Gasteiger partial charge on any atom is -0.360 e. The lowest BCUT2D eigenvalue weighted by atomic mass is 10.1. The number of benzene rings is 1. The Morgan fingerprint density at radius 3 is 2.83 bits per heavy atom. The number of nitrogens with one attached hydrogen (secondary N) is 2. The maximum absolute atomic E-state index is 12.5. The highest BCUT2D eigenvalue weighted by Crippen LogP contribution is 2.27. The van der Waals surface area contributed by atoms with Gasteiger partial charge in [-0.3, -0.25) is 4.21 Å². The van der Waals surface area contributed by atoms with E-state index >= 15 is 0 Å². The lowest BCUT2D eigenvalue weighted by Crippen LogP contribution is -2.12. The molecule has 0 bridgehead atoms. The Morgan fingerprint density at radius 2 is 2.17 bits per heavy atom. The number of H-pyrrole nitrogens is 1. The number of rotatable bonds is 5. The second kappa shape index (κ2) is 5.24. The molecule has 0 fully saturated rings. The molecule has 0 aliphatic carbocycles. The normalized spacial score (nSPS) is 13.1. The third kappa shape index (κ3) is 2.49. The predicted octanol–water partition coefficient (Wildman–Crippen LogP) is 1.96. The van der Waals surface area contributed by atoms with Crippen LogP contribution in [0, 0.1) is 0 Å². The Balaban J connectivity index is 2.41. The highest BCUT2D eigenvalue weighted by atomic mass is 32.2. The van der Waals surface area contributed by atoms with Crippen molar-refractivity contribution >= 4 is 20.8 Å². The zero-order chi connectivity index (χ0) is 13.2. The van der Waals surface area contributed by atoms with Crippen LogP contribution in [0.15, 0.2) is 29.3 Å². The summed E-state index contributed by atoms with van der Waals surface area (Å²) in [6, 6.07) is 6.39. The van der Waals surface area contributed by atoms with Crippen molar-refractivity contribution in [3.8, 4) is 0 Å². The Labute approximate surface area is 109 Å². The van der Waals surface area contributed by atoms with Gasteiger partial charge in [-0.05, 0) is 37.9 Å². The van der Waals surface area contributed by atoms with Gasteiger partial charge in [-0.2, -0.15) is 0 Å². The number of fused-ring (bicyclic) bond motifs is 1. The Hall–Kier alpha value is -1.13. The molecule has 0 atom stereocenters. The average Bonchev–Trinajstić information content (AvgIpc) is 2.80. The summed E-state index contributed by atoms with van der Waals surface area (Å²) in [4.78, 5) is 4.24. The largest absolute Gasteiger partial charge is 0.360 e. The highest BCUT2D eigenvalue weighted by Gasteiger charge is 2.14. The first-order valence-corrected chi connectivity index (χ1v) is 8.74. The van der Waals surface area contributed by atoms with Crippen LogP contribution in [0.2, 0.25) is 0 Å². The Kier molecular flexibility index (Phi) is 3.88. The van der Waals surface area contributed by atoms with E-state index in [0.29, 0.717) is 5.75 Å². The van der Waals surface area contributed by atoms with E-state index in [1.165, 1.54) is 5.56 Å². The Bertz CT molecular complexity index is 588. The van der Waals surface area contributed by atoms with E-state index in [4.69, 9.17) is 0 Å². The van der Waals surface area contributed by atoms with Gasteiger partial charge in [0.2, 0.25) is 0 Å². The molecule has 1 aromatic heterocycles. The second-order valence-electron chi connectivity index (χ2n) is 4.82. The first-order chi connectivity index (χ1) is 8.58. The van der Waals surface area contributed by atoms with Crippen molar-refractivity contribution in [3.63, 3.8) is 0 Å². The molecule has 0 amide bonds. The van der Waals surface area contributed by atoms with Crippen LogP contribution in [0.4, 0.5) is 0 Å². The molecular weight excluding hydrogens is 244 g/mol. The maximum Gasteiger partial charge on any atom is 0.0468 e. The molecule has 0 saturated carbocycles. The van der Waals surface area contributed by atoms with Gasteiger partial charge < -0.3 is 10.3 Å². The van der Waals surface area contributed by atoms with Gasteiger partial charge in [-0.1, -0.05) is 29.0 Å². The summed E-state index contributed by atoms with van der Waals surface area (Å²) in [5.74, 6) is 0.710. The fourth-order valence-electron chi connectivity index (χ4n) is 2.14. The fraction of sp³-hybridized carbons (Fsp3) is 0.429. The van der Waals surface area contributed by atoms with Crippen molar-refractivity contribution in [2.24, 2.45) is 0 Å². The quantitative estimate of drug-likeness (QED) is 0.724. The molecule has 0 spiro atoms. The number of aromatic amines is 1. The van der Waals surface area contributed by atoms with Crippen LogP contribution < -0.4 is 5.32 Å². The van der Waals surface area contributed by atoms with Gasteiger partial charge in [-0.25, -0.2) is 0 Å². The van der Waals surface area contributed by atoms with Gasteiger partial charge in [0, 0.05) is 27.7 Å². The standard InChI is InChI=1S/C14H22N2OS/c1-4-18(3,17)14-10-16-13-9-11(7-8-15-2)5-6-12(13)14/h5-6,9-10,15-16,18H,4,7-8H2,1-3H3. The highest BCUT2D eigenvalue weighted by molar-refractivity contribution is 8.02. The van der Waals surface area contributed by atoms with Crippen LogP contribution >= 0.6 is 0 Å². The third-order valence-electron chi connectivity index (χ3n) is 3.50. The summed E-state index contributed by atoms with van der Waals surface area (Å²) in [7, 11) is -0.245. The number of likely N-dealkylation sites (N-methyl/N-ethyl adjacent to an activating group) is 1. The summed E-state index contributed by atoms with van der Waals surface area (Å²) < 4.78 is 12.5. The molecule has 0 saturated heterocycles. The van der Waals surface area contributed by atoms with E-state index < -0.39 is 9.93 Å². The summed E-state index contributed by atoms with van der Waals surface area (Å²) >= 11 is 0. The molecule has 3 nitrogen and oxygen atoms in total. The van der Waals surface area contributed by atoms with Crippen molar-refractivity contribution in [1.82, 2.24) is 10.3 Å². The molecule has 2 aromatic rings. The van der Waals surface area contributed by atoms with Gasteiger partial charge >= 0.3 is 0 Å². The average molecular weight is 266 g/mol. The first kappa shape index (κ1) is 13.3. The van der Waals surface area contributed by atoms with Crippen LogP contribution in [-0.4, -0.2) is 34.8 Å². The van der Waals surface area contributed by atoms with Crippen molar-refractivity contribution in [2.75, 3.05) is 25.6 Å². The van der Waals surface area contributed by atoms with Crippen LogP contribution in [0.25, 0.3) is 10.9 Å². The molecule has 0 aliphatic rings. The summed E-state index contributed by atoms with van der Waals surface area (Å²) in [6.07, 6.45) is 4.79. The zero-order valence-electron chi connectivity index (χ0n) is 11.3. The molecule has 18 heavy (non-hydrogen) atoms. The van der Waals surface area contributed by atoms with E-state index in [1.54, 1.807) is 0 Å². The van der Waals surface area contributed by atoms with Crippen molar-refractivity contribution in [1.29, 1.82) is 0 Å². The monoisotopic (exact) mass is 266 g/mol. The fourth-order valence-corrected chi connectivity index (χ4v) is 3.53. The Morgan fingerprint density at radius 1 is 1.39 bits per heavy atom. The molecule has 2 rings (SSSR count). The van der Waals surface area contributed by atoms with Gasteiger partial charge in [0.1, 0.15) is 0 Å². The van der Waals surface area contributed by atoms with E-state index in [0.717, 1.165) is 28.8 Å². The molecule has 1 aromatic carbocycles. The van der Waals surface area contributed by atoms with Gasteiger partial charge in [-0.15, -0.1) is 0 Å².